The molecule has 1 N–H and O–H groups in total. The number of nitrogens with zero attached hydrogens (tertiary/aromatic N) is 2. The van der Waals surface area contributed by atoms with Gasteiger partial charge in [0.2, 0.25) is 0 Å². The van der Waals surface area contributed by atoms with Crippen molar-refractivity contribution < 1.29 is 14.1 Å². The summed E-state index contributed by atoms with van der Waals surface area (Å²) in [7, 11) is 0. The van der Waals surface area contributed by atoms with Gasteiger partial charge < -0.3 is 5.32 Å². The fraction of sp³-hybridized carbons (Fsp3) is 0.0667. The predicted octanol–water partition coefficient (Wildman–Crippen LogP) is 3.44. The quantitative estimate of drug-likeness (QED) is 0.494. The maximum atomic E-state index is 14.0. The van der Waals surface area contributed by atoms with Gasteiger partial charge in [-0.3, -0.25) is 14.9 Å². The summed E-state index contributed by atoms with van der Waals surface area (Å²) in [5.41, 5.74) is 1.12. The number of benzene rings is 2. The van der Waals surface area contributed by atoms with Crippen LogP contribution in [0.25, 0.3) is 0 Å². The van der Waals surface area contributed by atoms with Crippen LogP contribution in [-0.2, 0) is 4.79 Å². The first-order valence-electron chi connectivity index (χ1n) is 6.53. The summed E-state index contributed by atoms with van der Waals surface area (Å²) in [6, 6.07) is 10.8. The highest BCUT2D eigenvalue weighted by Gasteiger charge is 2.26. The second-order valence-electron chi connectivity index (χ2n) is 4.80. The Morgan fingerprint density at radius 1 is 1.26 bits per heavy atom. The zero-order chi connectivity index (χ0) is 16.6. The number of hydrogen-bond acceptors (Lipinski definition) is 4. The van der Waals surface area contributed by atoms with Gasteiger partial charge in [0.15, 0.2) is 0 Å². The number of benzodiazepines with no additional fused rings is 1. The van der Waals surface area contributed by atoms with Gasteiger partial charge in [0.1, 0.15) is 0 Å². The molecule has 2 aromatic rings. The summed E-state index contributed by atoms with van der Waals surface area (Å²) in [5.74, 6) is -0.912. The summed E-state index contributed by atoms with van der Waals surface area (Å²) in [5, 5.41) is 13.4. The van der Waals surface area contributed by atoms with Gasteiger partial charge >= 0.3 is 0 Å². The highest BCUT2D eigenvalue weighted by molar-refractivity contribution is 9.10. The fourth-order valence-corrected chi connectivity index (χ4v) is 2.65. The van der Waals surface area contributed by atoms with E-state index in [4.69, 9.17) is 0 Å². The van der Waals surface area contributed by atoms with Crippen LogP contribution in [0.15, 0.2) is 51.9 Å². The number of amides is 1. The van der Waals surface area contributed by atoms with E-state index in [1.54, 1.807) is 24.3 Å². The van der Waals surface area contributed by atoms with Crippen molar-refractivity contribution in [3.63, 3.8) is 0 Å². The fourth-order valence-electron chi connectivity index (χ4n) is 2.25. The molecule has 116 valence electrons. The monoisotopic (exact) mass is 377 g/mol. The number of fused-ring (bicyclic) bond motifs is 1. The Labute approximate surface area is 138 Å². The number of nitrogens with one attached hydrogen (secondary N) is 1. The molecule has 0 saturated heterocycles. The van der Waals surface area contributed by atoms with Crippen LogP contribution in [0.1, 0.15) is 11.1 Å². The minimum absolute atomic E-state index is 0.169. The molecule has 8 heteroatoms. The molecule has 3 rings (SSSR count). The van der Waals surface area contributed by atoms with E-state index < -0.39 is 17.1 Å². The Bertz CT molecular complexity index is 854. The Hall–Kier alpha value is -2.61. The number of nitro benzene ring substituents is 1. The van der Waals surface area contributed by atoms with E-state index in [9.17, 15) is 19.3 Å². The maximum Gasteiger partial charge on any atom is 0.281 e. The molecule has 0 spiro atoms. The number of halogens is 2. The van der Waals surface area contributed by atoms with Crippen molar-refractivity contribution in [2.45, 2.75) is 6.30 Å². The van der Waals surface area contributed by atoms with Crippen molar-refractivity contribution in [1.29, 1.82) is 0 Å². The number of alkyl halides is 1. The van der Waals surface area contributed by atoms with Crippen LogP contribution in [0.3, 0.4) is 0 Å². The number of anilines is 1. The second kappa shape index (κ2) is 5.88. The second-order valence-corrected chi connectivity index (χ2v) is 5.72. The number of carbonyl (C=O) groups is 1. The maximum absolute atomic E-state index is 14.0. The molecule has 0 aliphatic carbocycles. The van der Waals surface area contributed by atoms with Gasteiger partial charge in [0.05, 0.1) is 16.3 Å². The SMILES string of the molecule is O=C1Nc2ccc([N+](=O)[O-])cc2C(c2cccc(Br)c2)=NC1F. The van der Waals surface area contributed by atoms with E-state index in [1.165, 1.54) is 18.2 Å². The van der Waals surface area contributed by atoms with Crippen molar-refractivity contribution in [2.24, 2.45) is 4.99 Å². The number of carbonyl (C=O) groups excluding carboxylic acids is 1. The molecule has 0 radical (unpaired) electrons. The smallest absolute Gasteiger partial charge is 0.281 e. The molecule has 6 nitrogen and oxygen atoms in total. The molecule has 1 aliphatic rings. The average molecular weight is 378 g/mol. The third-order valence-electron chi connectivity index (χ3n) is 3.28. The average Bonchev–Trinajstić information content (AvgIpc) is 2.64. The van der Waals surface area contributed by atoms with Crippen LogP contribution in [0, 0.1) is 10.1 Å². The first-order chi connectivity index (χ1) is 11.0. The number of hydrogen-bond donors (Lipinski definition) is 1. The van der Waals surface area contributed by atoms with Crippen LogP contribution >= 0.6 is 15.9 Å². The molecule has 1 aliphatic heterocycles. The minimum Gasteiger partial charge on any atom is -0.321 e. The Morgan fingerprint density at radius 2 is 2.04 bits per heavy atom. The molecule has 2 aromatic carbocycles. The van der Waals surface area contributed by atoms with Gasteiger partial charge in [-0.2, -0.15) is 0 Å². The molecule has 1 unspecified atom stereocenters. The lowest BCUT2D eigenvalue weighted by molar-refractivity contribution is -0.384. The summed E-state index contributed by atoms with van der Waals surface area (Å²) < 4.78 is 14.7. The standard InChI is InChI=1S/C15H9BrFN3O3/c16-9-3-1-2-8(6-9)13-11-7-10(20(22)23)4-5-12(11)18-15(21)14(17)19-13/h1-7,14H,(H,18,21). The van der Waals surface area contributed by atoms with Crippen molar-refractivity contribution in [2.75, 3.05) is 5.32 Å². The first-order valence-corrected chi connectivity index (χ1v) is 7.32. The molecule has 0 bridgehead atoms. The summed E-state index contributed by atoms with van der Waals surface area (Å²) in [6.45, 7) is 0. The summed E-state index contributed by atoms with van der Waals surface area (Å²) in [4.78, 5) is 25.9. The van der Waals surface area contributed by atoms with Crippen molar-refractivity contribution in [3.05, 3.63) is 68.2 Å². The van der Waals surface area contributed by atoms with Gasteiger partial charge in [-0.1, -0.05) is 28.1 Å². The molecule has 0 aromatic heterocycles. The van der Waals surface area contributed by atoms with Gasteiger partial charge in [-0.25, -0.2) is 9.38 Å². The zero-order valence-electron chi connectivity index (χ0n) is 11.5. The van der Waals surface area contributed by atoms with E-state index in [-0.39, 0.29) is 17.1 Å². The van der Waals surface area contributed by atoms with Crippen LogP contribution in [0.5, 0.6) is 0 Å². The van der Waals surface area contributed by atoms with Crippen molar-refractivity contribution in [1.82, 2.24) is 0 Å². The zero-order valence-corrected chi connectivity index (χ0v) is 13.1. The number of nitro groups is 1. The molecule has 1 heterocycles. The van der Waals surface area contributed by atoms with Gasteiger partial charge in [0.25, 0.3) is 17.9 Å². The normalized spacial score (nSPS) is 16.9. The summed E-state index contributed by atoms with van der Waals surface area (Å²) >= 11 is 3.31. The third kappa shape index (κ3) is 2.98. The number of rotatable bonds is 2. The molecular weight excluding hydrogens is 369 g/mol. The minimum atomic E-state index is -2.09. The van der Waals surface area contributed by atoms with E-state index in [2.05, 4.69) is 26.2 Å². The summed E-state index contributed by atoms with van der Waals surface area (Å²) in [6.07, 6.45) is -2.09. The lowest BCUT2D eigenvalue weighted by Gasteiger charge is -2.10. The topological polar surface area (TPSA) is 84.6 Å². The van der Waals surface area contributed by atoms with Gasteiger partial charge in [-0.05, 0) is 18.2 Å². The van der Waals surface area contributed by atoms with E-state index in [0.717, 1.165) is 4.47 Å². The van der Waals surface area contributed by atoms with Crippen LogP contribution in [-0.4, -0.2) is 22.8 Å². The largest absolute Gasteiger partial charge is 0.321 e. The van der Waals surface area contributed by atoms with E-state index in [0.29, 0.717) is 11.1 Å². The molecule has 0 saturated carbocycles. The molecule has 1 atom stereocenters. The third-order valence-corrected chi connectivity index (χ3v) is 3.78. The Kier molecular flexibility index (Phi) is 3.91. The first kappa shape index (κ1) is 15.3. The molecular formula is C15H9BrFN3O3. The number of aliphatic imine (C=N–C) groups is 1. The van der Waals surface area contributed by atoms with Crippen LogP contribution in [0.4, 0.5) is 15.8 Å². The lowest BCUT2D eigenvalue weighted by Crippen LogP contribution is -2.21. The predicted molar refractivity (Wildman–Crippen MR) is 86.4 cm³/mol. The van der Waals surface area contributed by atoms with Crippen molar-refractivity contribution >= 4 is 38.9 Å². The number of non-ortho nitro benzene ring substituents is 1. The lowest BCUT2D eigenvalue weighted by atomic mass is 10.00. The van der Waals surface area contributed by atoms with Crippen LogP contribution < -0.4 is 5.32 Å². The van der Waals surface area contributed by atoms with Gasteiger partial charge in [0, 0.05) is 27.7 Å². The van der Waals surface area contributed by atoms with E-state index >= 15 is 0 Å². The highest BCUT2D eigenvalue weighted by Crippen LogP contribution is 2.29. The highest BCUT2D eigenvalue weighted by atomic mass is 79.9. The Balaban J connectivity index is 2.25. The van der Waals surface area contributed by atoms with Crippen molar-refractivity contribution in [3.8, 4) is 0 Å². The molecule has 23 heavy (non-hydrogen) atoms. The van der Waals surface area contributed by atoms with Gasteiger partial charge in [-0.15, -0.1) is 0 Å². The van der Waals surface area contributed by atoms with E-state index in [1.807, 2.05) is 0 Å². The molecule has 1 amide bonds. The van der Waals surface area contributed by atoms with Crippen LogP contribution in [0.2, 0.25) is 0 Å². The molecule has 0 fully saturated rings. The Morgan fingerprint density at radius 3 is 2.74 bits per heavy atom.